The highest BCUT2D eigenvalue weighted by Crippen LogP contribution is 2.21. The Morgan fingerprint density at radius 1 is 1.32 bits per heavy atom. The zero-order chi connectivity index (χ0) is 14.0. The number of fused-ring (bicyclic) bond motifs is 1. The molecule has 2 rings (SSSR count). The van der Waals surface area contributed by atoms with Crippen molar-refractivity contribution in [1.29, 1.82) is 0 Å². The van der Waals surface area contributed by atoms with Crippen molar-refractivity contribution >= 4 is 51.1 Å². The molecule has 7 heteroatoms. The Morgan fingerprint density at radius 2 is 2.05 bits per heavy atom. The molecule has 0 unspecified atom stereocenters. The summed E-state index contributed by atoms with van der Waals surface area (Å²) in [5.74, 6) is -1.40. The van der Waals surface area contributed by atoms with Gasteiger partial charge in [0.05, 0.1) is 9.99 Å². The van der Waals surface area contributed by atoms with E-state index in [1.807, 2.05) is 22.6 Å². The number of aromatic carboxylic acids is 1. The van der Waals surface area contributed by atoms with E-state index in [4.69, 9.17) is 9.52 Å². The largest absolute Gasteiger partial charge is 0.478 e. The van der Waals surface area contributed by atoms with Crippen LogP contribution in [-0.4, -0.2) is 21.4 Å². The maximum absolute atomic E-state index is 11.3. The van der Waals surface area contributed by atoms with Gasteiger partial charge in [-0.25, -0.2) is 9.59 Å². The van der Waals surface area contributed by atoms with Crippen LogP contribution in [0.15, 0.2) is 33.5 Å². The number of amides is 1. The van der Waals surface area contributed by atoms with Crippen LogP contribution in [0.5, 0.6) is 0 Å². The van der Waals surface area contributed by atoms with Crippen LogP contribution in [-0.2, 0) is 4.79 Å². The van der Waals surface area contributed by atoms with E-state index in [0.717, 1.165) is 6.07 Å². The van der Waals surface area contributed by atoms with E-state index in [0.29, 0.717) is 11.1 Å². The number of anilines is 1. The van der Waals surface area contributed by atoms with Crippen LogP contribution >= 0.6 is 22.6 Å². The summed E-state index contributed by atoms with van der Waals surface area (Å²) < 4.78 is 5.22. The summed E-state index contributed by atoms with van der Waals surface area (Å²) in [5, 5.41) is 11.9. The Labute approximate surface area is 120 Å². The van der Waals surface area contributed by atoms with E-state index in [-0.39, 0.29) is 21.5 Å². The van der Waals surface area contributed by atoms with Crippen molar-refractivity contribution in [3.63, 3.8) is 0 Å². The van der Waals surface area contributed by atoms with E-state index in [9.17, 15) is 14.4 Å². The van der Waals surface area contributed by atoms with Crippen LogP contribution in [0.25, 0.3) is 11.0 Å². The topological polar surface area (TPSA) is 96.6 Å². The van der Waals surface area contributed by atoms with E-state index in [1.165, 1.54) is 12.1 Å². The molecule has 0 bridgehead atoms. The molecular weight excluding hydrogens is 365 g/mol. The number of alkyl halides is 1. The molecule has 98 valence electrons. The van der Waals surface area contributed by atoms with Gasteiger partial charge in [-0.15, -0.1) is 0 Å². The van der Waals surface area contributed by atoms with Crippen LogP contribution in [0.1, 0.15) is 10.4 Å². The lowest BCUT2D eigenvalue weighted by Crippen LogP contribution is -2.12. The van der Waals surface area contributed by atoms with E-state index in [2.05, 4.69) is 5.32 Å². The molecule has 0 aliphatic rings. The summed E-state index contributed by atoms with van der Waals surface area (Å²) in [4.78, 5) is 33.6. The van der Waals surface area contributed by atoms with Crippen LogP contribution < -0.4 is 10.9 Å². The minimum atomic E-state index is -1.21. The van der Waals surface area contributed by atoms with Crippen molar-refractivity contribution in [1.82, 2.24) is 0 Å². The Kier molecular flexibility index (Phi) is 3.84. The minimum absolute atomic E-state index is 0.121. The highest BCUT2D eigenvalue weighted by atomic mass is 127. The first-order valence-corrected chi connectivity index (χ1v) is 6.71. The highest BCUT2D eigenvalue weighted by Gasteiger charge is 2.12. The third-order valence-electron chi connectivity index (χ3n) is 2.38. The Balaban J connectivity index is 2.58. The number of halogens is 1. The summed E-state index contributed by atoms with van der Waals surface area (Å²) in [6, 6.07) is 5.39. The molecule has 1 heterocycles. The Bertz CT molecular complexity index is 722. The average Bonchev–Trinajstić information content (AvgIpc) is 2.37. The summed E-state index contributed by atoms with van der Waals surface area (Å²) >= 11 is 1.91. The van der Waals surface area contributed by atoms with Gasteiger partial charge in [-0.2, -0.15) is 0 Å². The van der Waals surface area contributed by atoms with Gasteiger partial charge in [0.2, 0.25) is 5.91 Å². The molecule has 0 aliphatic carbocycles. The Morgan fingerprint density at radius 3 is 2.68 bits per heavy atom. The molecule has 2 aromatic rings. The van der Waals surface area contributed by atoms with Gasteiger partial charge in [0.1, 0.15) is 5.58 Å². The molecule has 0 radical (unpaired) electrons. The third kappa shape index (κ3) is 2.92. The van der Waals surface area contributed by atoms with Gasteiger partial charge in [0.25, 0.3) is 0 Å². The maximum atomic E-state index is 11.3. The lowest BCUT2D eigenvalue weighted by atomic mass is 10.1. The van der Waals surface area contributed by atoms with Crippen molar-refractivity contribution < 1.29 is 19.1 Å². The lowest BCUT2D eigenvalue weighted by molar-refractivity contribution is -0.113. The van der Waals surface area contributed by atoms with Crippen molar-refractivity contribution in [2.75, 3.05) is 9.74 Å². The van der Waals surface area contributed by atoms with Gasteiger partial charge in [-0.05, 0) is 12.1 Å². The number of nitrogens with one attached hydrogen (secondary N) is 1. The SMILES string of the molecule is O=C(CI)Nc1ccc2c(C(=O)O)cc(=O)oc2c1. The fourth-order valence-electron chi connectivity index (χ4n) is 1.61. The Hall–Kier alpha value is -1.90. The fraction of sp³-hybridized carbons (Fsp3) is 0.0833. The zero-order valence-electron chi connectivity index (χ0n) is 9.47. The molecule has 19 heavy (non-hydrogen) atoms. The standard InChI is InChI=1S/C12H8INO5/c13-5-10(15)14-6-1-2-7-8(12(17)18)4-11(16)19-9(7)3-6/h1-4H,5H2,(H,14,15)(H,17,18). The van der Waals surface area contributed by atoms with Gasteiger partial charge in [0.15, 0.2) is 0 Å². The number of carbonyl (C=O) groups is 2. The molecule has 0 saturated heterocycles. The molecule has 1 aromatic carbocycles. The lowest BCUT2D eigenvalue weighted by Gasteiger charge is -2.05. The average molecular weight is 373 g/mol. The second kappa shape index (κ2) is 5.39. The fourth-order valence-corrected chi connectivity index (χ4v) is 1.80. The number of carboxylic acid groups (broad SMARTS) is 1. The molecule has 0 aliphatic heterocycles. The van der Waals surface area contributed by atoms with Gasteiger partial charge >= 0.3 is 11.6 Å². The second-order valence-electron chi connectivity index (χ2n) is 3.68. The van der Waals surface area contributed by atoms with E-state index < -0.39 is 11.6 Å². The third-order valence-corrected chi connectivity index (χ3v) is 3.07. The number of benzene rings is 1. The number of carboxylic acids is 1. The summed E-state index contributed by atoms with van der Waals surface area (Å²) in [5.41, 5.74) is -0.309. The number of hydrogen-bond acceptors (Lipinski definition) is 4. The van der Waals surface area contributed by atoms with Crippen LogP contribution in [0.4, 0.5) is 5.69 Å². The van der Waals surface area contributed by atoms with Crippen LogP contribution in [0, 0.1) is 0 Å². The minimum Gasteiger partial charge on any atom is -0.478 e. The highest BCUT2D eigenvalue weighted by molar-refractivity contribution is 14.1. The summed E-state index contributed by atoms with van der Waals surface area (Å²) in [6.07, 6.45) is 0. The number of rotatable bonds is 3. The van der Waals surface area contributed by atoms with Crippen molar-refractivity contribution in [3.05, 3.63) is 40.2 Å². The molecule has 0 saturated carbocycles. The van der Waals surface area contributed by atoms with Gasteiger partial charge in [-0.3, -0.25) is 4.79 Å². The van der Waals surface area contributed by atoms with Crippen LogP contribution in [0.3, 0.4) is 0 Å². The number of carbonyl (C=O) groups excluding carboxylic acids is 1. The first-order valence-electron chi connectivity index (χ1n) is 5.18. The van der Waals surface area contributed by atoms with Gasteiger partial charge in [0, 0.05) is 23.2 Å². The summed E-state index contributed by atoms with van der Waals surface area (Å²) in [6.45, 7) is 0. The monoisotopic (exact) mass is 373 g/mol. The van der Waals surface area contributed by atoms with E-state index in [1.54, 1.807) is 6.07 Å². The predicted octanol–water partition coefficient (Wildman–Crippen LogP) is 1.86. The molecule has 2 N–H and O–H groups in total. The molecule has 6 nitrogen and oxygen atoms in total. The molecule has 1 amide bonds. The molecule has 0 spiro atoms. The van der Waals surface area contributed by atoms with Crippen molar-refractivity contribution in [2.24, 2.45) is 0 Å². The van der Waals surface area contributed by atoms with Gasteiger partial charge < -0.3 is 14.8 Å². The number of hydrogen-bond donors (Lipinski definition) is 2. The normalized spacial score (nSPS) is 10.4. The molecular formula is C12H8INO5. The molecule has 0 atom stereocenters. The molecule has 0 fully saturated rings. The van der Waals surface area contributed by atoms with Crippen molar-refractivity contribution in [2.45, 2.75) is 0 Å². The first kappa shape index (κ1) is 13.5. The van der Waals surface area contributed by atoms with Gasteiger partial charge in [-0.1, -0.05) is 22.6 Å². The van der Waals surface area contributed by atoms with Crippen LogP contribution in [0.2, 0.25) is 0 Å². The summed E-state index contributed by atoms with van der Waals surface area (Å²) in [7, 11) is 0. The van der Waals surface area contributed by atoms with Crippen molar-refractivity contribution in [3.8, 4) is 0 Å². The first-order chi connectivity index (χ1) is 9.01. The smallest absolute Gasteiger partial charge is 0.337 e. The zero-order valence-corrected chi connectivity index (χ0v) is 11.6. The second-order valence-corrected chi connectivity index (χ2v) is 4.44. The maximum Gasteiger partial charge on any atom is 0.337 e. The molecule has 1 aromatic heterocycles. The van der Waals surface area contributed by atoms with E-state index >= 15 is 0 Å². The predicted molar refractivity (Wildman–Crippen MR) is 77.0 cm³/mol. The quantitative estimate of drug-likeness (QED) is 0.487.